The van der Waals surface area contributed by atoms with Gasteiger partial charge in [-0.2, -0.15) is 0 Å². The van der Waals surface area contributed by atoms with Crippen molar-refractivity contribution in [3.63, 3.8) is 0 Å². The maximum absolute atomic E-state index is 2.29. The van der Waals surface area contributed by atoms with Crippen LogP contribution in [0.3, 0.4) is 0 Å². The van der Waals surface area contributed by atoms with E-state index in [-0.39, 0.29) is 0 Å². The summed E-state index contributed by atoms with van der Waals surface area (Å²) in [6.07, 6.45) is 17.0. The molecule has 0 unspecified atom stereocenters. The van der Waals surface area contributed by atoms with E-state index in [1.807, 2.05) is 11.3 Å². The fourth-order valence-electron chi connectivity index (χ4n) is 4.04. The van der Waals surface area contributed by atoms with E-state index in [1.54, 1.807) is 0 Å². The van der Waals surface area contributed by atoms with Crippen LogP contribution in [0.1, 0.15) is 33.4 Å². The van der Waals surface area contributed by atoms with E-state index in [2.05, 4.69) is 147 Å². The second-order valence-electron chi connectivity index (χ2n) is 8.87. The maximum Gasteiger partial charge on any atom is 0.0361 e. The first kappa shape index (κ1) is 22.8. The summed E-state index contributed by atoms with van der Waals surface area (Å²) in [6, 6.07) is 30.6. The Hall–Kier alpha value is -3.94. The van der Waals surface area contributed by atoms with E-state index in [0.29, 0.717) is 0 Å². The van der Waals surface area contributed by atoms with Crippen molar-refractivity contribution in [1.29, 1.82) is 0 Å². The van der Waals surface area contributed by atoms with Crippen LogP contribution >= 0.6 is 11.3 Å². The Kier molecular flexibility index (Phi) is 6.88. The second-order valence-corrected chi connectivity index (χ2v) is 9.95. The molecule has 0 aliphatic rings. The zero-order chi connectivity index (χ0) is 24.0. The molecule has 0 fully saturated rings. The number of aryl methyl sites for hydroxylation is 2. The van der Waals surface area contributed by atoms with Gasteiger partial charge in [-0.3, -0.25) is 0 Å². The van der Waals surface area contributed by atoms with Crippen LogP contribution in [-0.2, 0) is 0 Å². The minimum Gasteiger partial charge on any atom is -0.135 e. The number of hydrogen-bond acceptors (Lipinski definition) is 1. The smallest absolute Gasteiger partial charge is 0.0361 e. The highest BCUT2D eigenvalue weighted by Gasteiger charge is 2.05. The fraction of sp³-hybridized carbons (Fsp3) is 0.0588. The highest BCUT2D eigenvalue weighted by Crippen LogP contribution is 2.35. The molecule has 170 valence electrons. The van der Waals surface area contributed by atoms with Crippen LogP contribution in [0.2, 0.25) is 0 Å². The molecule has 0 atom stereocenters. The molecule has 1 heteroatoms. The Morgan fingerprint density at radius 1 is 0.429 bits per heavy atom. The summed E-state index contributed by atoms with van der Waals surface area (Å²) in [7, 11) is 0. The summed E-state index contributed by atoms with van der Waals surface area (Å²) in [5.74, 6) is 0. The highest BCUT2D eigenvalue weighted by molar-refractivity contribution is 7.25. The average molecular weight is 469 g/mol. The Morgan fingerprint density at radius 2 is 0.771 bits per heavy atom. The van der Waals surface area contributed by atoms with Gasteiger partial charge in [-0.25, -0.2) is 0 Å². The molecule has 0 nitrogen and oxygen atoms in total. The van der Waals surface area contributed by atoms with Crippen molar-refractivity contribution in [2.24, 2.45) is 0 Å². The highest BCUT2D eigenvalue weighted by atomic mass is 32.1. The maximum atomic E-state index is 2.29. The zero-order valence-corrected chi connectivity index (χ0v) is 20.9. The van der Waals surface area contributed by atoms with Crippen LogP contribution in [0.15, 0.2) is 109 Å². The van der Waals surface area contributed by atoms with Crippen LogP contribution in [-0.4, -0.2) is 0 Å². The third-order valence-corrected chi connectivity index (χ3v) is 7.17. The Labute approximate surface area is 211 Å². The van der Waals surface area contributed by atoms with Crippen LogP contribution in [0.25, 0.3) is 44.5 Å². The molecular weight excluding hydrogens is 440 g/mol. The zero-order valence-electron chi connectivity index (χ0n) is 20.1. The predicted molar refractivity (Wildman–Crippen MR) is 158 cm³/mol. The first-order valence-electron chi connectivity index (χ1n) is 11.9. The first-order chi connectivity index (χ1) is 17.1. The molecule has 0 bridgehead atoms. The van der Waals surface area contributed by atoms with Gasteiger partial charge in [0.2, 0.25) is 0 Å². The van der Waals surface area contributed by atoms with Gasteiger partial charge < -0.3 is 0 Å². The summed E-state index contributed by atoms with van der Waals surface area (Å²) in [6.45, 7) is 4.22. The van der Waals surface area contributed by atoms with Gasteiger partial charge in [0.25, 0.3) is 0 Å². The van der Waals surface area contributed by atoms with Crippen LogP contribution < -0.4 is 0 Å². The molecule has 5 aromatic rings. The summed E-state index contributed by atoms with van der Waals surface area (Å²) in [4.78, 5) is 0. The van der Waals surface area contributed by atoms with E-state index < -0.39 is 0 Å². The largest absolute Gasteiger partial charge is 0.135 e. The van der Waals surface area contributed by atoms with Crippen LogP contribution in [0.4, 0.5) is 0 Å². The van der Waals surface area contributed by atoms with Gasteiger partial charge in [0.05, 0.1) is 0 Å². The SMILES string of the molecule is Cc1ccc(/C=C/C=C/c2ccc3c(c2)sc2cc(/C=C/C=C/c4ccc(C)cc4)ccc23)cc1. The summed E-state index contributed by atoms with van der Waals surface area (Å²) in [5.41, 5.74) is 7.45. The molecule has 0 N–H and O–H groups in total. The van der Waals surface area contributed by atoms with Gasteiger partial charge >= 0.3 is 0 Å². The molecule has 0 aliphatic heterocycles. The molecule has 0 aliphatic carbocycles. The average Bonchev–Trinajstić information content (AvgIpc) is 3.23. The Balaban J connectivity index is 1.30. The molecule has 35 heavy (non-hydrogen) atoms. The number of allylic oxidation sites excluding steroid dienone is 4. The van der Waals surface area contributed by atoms with Crippen molar-refractivity contribution in [1.82, 2.24) is 0 Å². The predicted octanol–water partition coefficient (Wildman–Crippen LogP) is 10.1. The lowest BCUT2D eigenvalue weighted by Gasteiger charge is -1.96. The van der Waals surface area contributed by atoms with Crippen molar-refractivity contribution >= 4 is 55.8 Å². The normalized spacial score (nSPS) is 12.4. The van der Waals surface area contributed by atoms with Gasteiger partial charge in [-0.1, -0.05) is 133 Å². The third-order valence-electron chi connectivity index (χ3n) is 6.05. The van der Waals surface area contributed by atoms with Gasteiger partial charge in [-0.05, 0) is 48.2 Å². The minimum absolute atomic E-state index is 1.22. The van der Waals surface area contributed by atoms with E-state index in [1.165, 1.54) is 53.6 Å². The van der Waals surface area contributed by atoms with Crippen LogP contribution in [0.5, 0.6) is 0 Å². The molecule has 0 saturated carbocycles. The molecular formula is C34H28S. The molecule has 1 aromatic heterocycles. The topological polar surface area (TPSA) is 0 Å². The summed E-state index contributed by atoms with van der Waals surface area (Å²) >= 11 is 1.86. The van der Waals surface area contributed by atoms with E-state index in [4.69, 9.17) is 0 Å². The van der Waals surface area contributed by atoms with Crippen molar-refractivity contribution in [3.8, 4) is 0 Å². The van der Waals surface area contributed by atoms with Gasteiger partial charge in [0.1, 0.15) is 0 Å². The number of hydrogen-bond donors (Lipinski definition) is 0. The lowest BCUT2D eigenvalue weighted by Crippen LogP contribution is -1.74. The first-order valence-corrected chi connectivity index (χ1v) is 12.7. The number of benzene rings is 4. The standard InChI is InChI=1S/C34H28S/c1-25-11-15-27(16-12-25)7-3-5-9-29-19-21-31-32-22-20-30(24-34(32)35-33(31)23-29)10-6-4-8-28-17-13-26(2)14-18-28/h3-24H,1-2H3/b7-3+,8-4+,9-5+,10-6+. The Morgan fingerprint density at radius 3 is 1.17 bits per heavy atom. The van der Waals surface area contributed by atoms with E-state index >= 15 is 0 Å². The number of thiophene rings is 1. The number of fused-ring (bicyclic) bond motifs is 3. The van der Waals surface area contributed by atoms with Gasteiger partial charge in [-0.15, -0.1) is 11.3 Å². The van der Waals surface area contributed by atoms with Gasteiger partial charge in [0.15, 0.2) is 0 Å². The lowest BCUT2D eigenvalue weighted by molar-refractivity contribution is 1.46. The number of rotatable bonds is 6. The minimum atomic E-state index is 1.22. The van der Waals surface area contributed by atoms with Crippen molar-refractivity contribution < 1.29 is 0 Å². The van der Waals surface area contributed by atoms with Crippen molar-refractivity contribution in [2.45, 2.75) is 13.8 Å². The summed E-state index contributed by atoms with van der Waals surface area (Å²) < 4.78 is 2.65. The molecule has 0 radical (unpaired) electrons. The molecule has 4 aromatic carbocycles. The quantitative estimate of drug-likeness (QED) is 0.217. The van der Waals surface area contributed by atoms with Crippen LogP contribution in [0, 0.1) is 13.8 Å². The molecule has 1 heterocycles. The Bertz CT molecular complexity index is 1450. The molecule has 0 saturated heterocycles. The molecule has 5 rings (SSSR count). The molecule has 0 amide bonds. The molecule has 0 spiro atoms. The fourth-order valence-corrected chi connectivity index (χ4v) is 5.24. The van der Waals surface area contributed by atoms with Crippen molar-refractivity contribution in [2.75, 3.05) is 0 Å². The van der Waals surface area contributed by atoms with Crippen molar-refractivity contribution in [3.05, 3.63) is 143 Å². The second kappa shape index (κ2) is 10.5. The van der Waals surface area contributed by atoms with E-state index in [0.717, 1.165) is 0 Å². The van der Waals surface area contributed by atoms with Gasteiger partial charge in [0, 0.05) is 20.2 Å². The monoisotopic (exact) mass is 468 g/mol. The lowest BCUT2D eigenvalue weighted by atomic mass is 10.1. The van der Waals surface area contributed by atoms with E-state index in [9.17, 15) is 0 Å². The third kappa shape index (κ3) is 5.77. The summed E-state index contributed by atoms with van der Waals surface area (Å²) in [5, 5.41) is 2.65.